The van der Waals surface area contributed by atoms with Crippen LogP contribution in [0.15, 0.2) is 24.3 Å². The van der Waals surface area contributed by atoms with Gasteiger partial charge in [-0.2, -0.15) is 5.26 Å². The van der Waals surface area contributed by atoms with Crippen LogP contribution in [0, 0.1) is 17.1 Å². The molecule has 1 rings (SSSR count). The van der Waals surface area contributed by atoms with Crippen molar-refractivity contribution in [1.82, 2.24) is 0 Å². The molecule has 0 aliphatic carbocycles. The number of hydrogen-bond acceptors (Lipinski definition) is 3. The number of hydrogen-bond donors (Lipinski definition) is 1. The second-order valence-corrected chi connectivity index (χ2v) is 4.04. The Morgan fingerprint density at radius 2 is 2.00 bits per heavy atom. The summed E-state index contributed by atoms with van der Waals surface area (Å²) >= 11 is 0. The standard InChI is InChI=1S/C12H13F3N2O/c1-11(17,9-4-2-3-5-10(9)13)12(14,15)8-18-7-6-16/h2-5H,7-8,17H2,1H3/t11-/m1/s1. The van der Waals surface area contributed by atoms with Crippen molar-refractivity contribution in [3.05, 3.63) is 35.6 Å². The maximum Gasteiger partial charge on any atom is 0.292 e. The first-order valence-corrected chi connectivity index (χ1v) is 5.19. The Balaban J connectivity index is 2.98. The summed E-state index contributed by atoms with van der Waals surface area (Å²) in [4.78, 5) is 0. The van der Waals surface area contributed by atoms with Gasteiger partial charge in [0.25, 0.3) is 5.92 Å². The van der Waals surface area contributed by atoms with Crippen LogP contribution in [0.5, 0.6) is 0 Å². The van der Waals surface area contributed by atoms with Crippen LogP contribution >= 0.6 is 0 Å². The maximum atomic E-state index is 13.9. The highest BCUT2D eigenvalue weighted by molar-refractivity contribution is 5.27. The van der Waals surface area contributed by atoms with E-state index in [0.29, 0.717) is 0 Å². The molecule has 1 aromatic rings. The molecule has 0 saturated heterocycles. The molecule has 0 aliphatic heterocycles. The average molecular weight is 258 g/mol. The fourth-order valence-electron chi connectivity index (χ4n) is 1.45. The van der Waals surface area contributed by atoms with Gasteiger partial charge in [0.05, 0.1) is 6.07 Å². The number of halogens is 3. The lowest BCUT2D eigenvalue weighted by Gasteiger charge is -2.34. The SMILES string of the molecule is C[C@@](N)(c1ccccc1F)C(F)(F)COCC#N. The molecule has 0 heterocycles. The van der Waals surface area contributed by atoms with Crippen LogP contribution in [0.1, 0.15) is 12.5 Å². The van der Waals surface area contributed by atoms with Crippen LogP contribution < -0.4 is 5.73 Å². The molecule has 0 radical (unpaired) electrons. The molecule has 3 nitrogen and oxygen atoms in total. The smallest absolute Gasteiger partial charge is 0.292 e. The Bertz CT molecular complexity index is 455. The molecule has 0 saturated carbocycles. The first-order valence-electron chi connectivity index (χ1n) is 5.19. The number of ether oxygens (including phenoxy) is 1. The average Bonchev–Trinajstić information content (AvgIpc) is 2.29. The zero-order valence-corrected chi connectivity index (χ0v) is 9.79. The van der Waals surface area contributed by atoms with Gasteiger partial charge >= 0.3 is 0 Å². The predicted octanol–water partition coefficient (Wildman–Crippen LogP) is 2.18. The predicted molar refractivity (Wildman–Crippen MR) is 59.3 cm³/mol. The molecule has 1 atom stereocenters. The number of rotatable bonds is 5. The van der Waals surface area contributed by atoms with Crippen molar-refractivity contribution in [2.45, 2.75) is 18.4 Å². The number of nitrogens with zero attached hydrogens (tertiary/aromatic N) is 1. The molecule has 0 aromatic heterocycles. The van der Waals surface area contributed by atoms with Crippen molar-refractivity contribution >= 4 is 0 Å². The minimum atomic E-state index is -3.49. The van der Waals surface area contributed by atoms with E-state index in [0.717, 1.165) is 13.0 Å². The monoisotopic (exact) mass is 258 g/mol. The molecule has 0 unspecified atom stereocenters. The fourth-order valence-corrected chi connectivity index (χ4v) is 1.45. The topological polar surface area (TPSA) is 59.0 Å². The highest BCUT2D eigenvalue weighted by atomic mass is 19.3. The van der Waals surface area contributed by atoms with Crippen LogP contribution in [0.4, 0.5) is 13.2 Å². The van der Waals surface area contributed by atoms with Crippen LogP contribution in [-0.4, -0.2) is 19.1 Å². The zero-order chi connectivity index (χ0) is 13.8. The molecule has 98 valence electrons. The first kappa shape index (κ1) is 14.5. The highest BCUT2D eigenvalue weighted by Gasteiger charge is 2.50. The Kier molecular flexibility index (Phi) is 4.33. The van der Waals surface area contributed by atoms with Gasteiger partial charge in [-0.15, -0.1) is 0 Å². The van der Waals surface area contributed by atoms with Crippen molar-refractivity contribution in [1.29, 1.82) is 5.26 Å². The molecule has 6 heteroatoms. The minimum absolute atomic E-state index is 0.296. The summed E-state index contributed by atoms with van der Waals surface area (Å²) in [5.74, 6) is -4.30. The molecule has 2 N–H and O–H groups in total. The van der Waals surface area contributed by atoms with Gasteiger partial charge in [0.15, 0.2) is 0 Å². The van der Waals surface area contributed by atoms with Crippen LogP contribution in [-0.2, 0) is 10.3 Å². The number of benzene rings is 1. The van der Waals surface area contributed by atoms with Crippen LogP contribution in [0.2, 0.25) is 0 Å². The minimum Gasteiger partial charge on any atom is -0.360 e. The molecule has 0 aliphatic rings. The van der Waals surface area contributed by atoms with Gasteiger partial charge in [-0.1, -0.05) is 18.2 Å². The summed E-state index contributed by atoms with van der Waals surface area (Å²) < 4.78 is 45.7. The molecule has 0 amide bonds. The largest absolute Gasteiger partial charge is 0.360 e. The summed E-state index contributed by atoms with van der Waals surface area (Å²) in [6.07, 6.45) is 0. The van der Waals surface area contributed by atoms with Crippen molar-refractivity contribution < 1.29 is 17.9 Å². The summed E-state index contributed by atoms with van der Waals surface area (Å²) in [5.41, 5.74) is 3.04. The van der Waals surface area contributed by atoms with Gasteiger partial charge in [-0.05, 0) is 13.0 Å². The van der Waals surface area contributed by atoms with Crippen LogP contribution in [0.3, 0.4) is 0 Å². The Morgan fingerprint density at radius 3 is 2.56 bits per heavy atom. The third-order valence-corrected chi connectivity index (χ3v) is 2.64. The highest BCUT2D eigenvalue weighted by Crippen LogP contribution is 2.36. The number of nitrogens with two attached hydrogens (primary N) is 1. The second kappa shape index (κ2) is 5.38. The molecular weight excluding hydrogens is 245 g/mol. The summed E-state index contributed by atoms with van der Waals surface area (Å²) in [5, 5.41) is 8.22. The van der Waals surface area contributed by atoms with Gasteiger partial charge in [-0.3, -0.25) is 0 Å². The summed E-state index contributed by atoms with van der Waals surface area (Å²) in [6, 6.07) is 6.65. The van der Waals surface area contributed by atoms with Gasteiger partial charge < -0.3 is 10.5 Å². The zero-order valence-electron chi connectivity index (χ0n) is 9.79. The Morgan fingerprint density at radius 1 is 1.39 bits per heavy atom. The molecule has 1 aromatic carbocycles. The van der Waals surface area contributed by atoms with Crippen molar-refractivity contribution in [3.8, 4) is 6.07 Å². The molecule has 0 fully saturated rings. The van der Waals surface area contributed by atoms with Gasteiger partial charge in [0.2, 0.25) is 0 Å². The molecule has 0 spiro atoms. The van der Waals surface area contributed by atoms with E-state index in [4.69, 9.17) is 11.0 Å². The van der Waals surface area contributed by atoms with Crippen molar-refractivity contribution in [2.24, 2.45) is 5.73 Å². The third kappa shape index (κ3) is 2.81. The van der Waals surface area contributed by atoms with E-state index >= 15 is 0 Å². The third-order valence-electron chi connectivity index (χ3n) is 2.64. The Labute approximate surface area is 103 Å². The van der Waals surface area contributed by atoms with E-state index in [1.54, 1.807) is 6.07 Å². The lowest BCUT2D eigenvalue weighted by molar-refractivity contribution is -0.123. The molecule has 0 bridgehead atoms. The van der Waals surface area contributed by atoms with E-state index < -0.39 is 30.5 Å². The second-order valence-electron chi connectivity index (χ2n) is 4.04. The lowest BCUT2D eigenvalue weighted by Crippen LogP contribution is -2.53. The quantitative estimate of drug-likeness (QED) is 0.823. The van der Waals surface area contributed by atoms with Gasteiger partial charge in [-0.25, -0.2) is 13.2 Å². The molecular formula is C12H13F3N2O. The molecule has 18 heavy (non-hydrogen) atoms. The van der Waals surface area contributed by atoms with Crippen molar-refractivity contribution in [3.63, 3.8) is 0 Å². The van der Waals surface area contributed by atoms with Crippen LogP contribution in [0.25, 0.3) is 0 Å². The van der Waals surface area contributed by atoms with Gasteiger partial charge in [0.1, 0.15) is 24.6 Å². The summed E-state index contributed by atoms with van der Waals surface area (Å²) in [7, 11) is 0. The Hall–Kier alpha value is -1.58. The first-order chi connectivity index (χ1) is 8.33. The van der Waals surface area contributed by atoms with E-state index in [1.807, 2.05) is 0 Å². The normalized spacial score (nSPS) is 14.9. The van der Waals surface area contributed by atoms with Crippen molar-refractivity contribution in [2.75, 3.05) is 13.2 Å². The van der Waals surface area contributed by atoms with E-state index in [2.05, 4.69) is 4.74 Å². The van der Waals surface area contributed by atoms with E-state index in [-0.39, 0.29) is 5.56 Å². The fraction of sp³-hybridized carbons (Fsp3) is 0.417. The lowest BCUT2D eigenvalue weighted by atomic mass is 9.86. The number of alkyl halides is 2. The van der Waals surface area contributed by atoms with E-state index in [1.165, 1.54) is 18.2 Å². The van der Waals surface area contributed by atoms with Gasteiger partial charge in [0, 0.05) is 5.56 Å². The number of nitriles is 1. The summed E-state index contributed by atoms with van der Waals surface area (Å²) in [6.45, 7) is -0.480. The maximum absolute atomic E-state index is 13.9. The van der Waals surface area contributed by atoms with E-state index in [9.17, 15) is 13.2 Å².